The van der Waals surface area contributed by atoms with Crippen molar-refractivity contribution in [2.75, 3.05) is 5.73 Å². The predicted molar refractivity (Wildman–Crippen MR) is 106 cm³/mol. The number of nitrogens with zero attached hydrogens (tertiary/aromatic N) is 1. The molecule has 0 bridgehead atoms. The fourth-order valence-corrected chi connectivity index (χ4v) is 3.30. The van der Waals surface area contributed by atoms with Gasteiger partial charge in [0.1, 0.15) is 0 Å². The molecule has 0 saturated carbocycles. The zero-order chi connectivity index (χ0) is 18.8. The zero-order valence-corrected chi connectivity index (χ0v) is 14.7. The SMILES string of the molecule is NC(=O)c1ccccc1CCc1cccc(-c2ccc3c(N)noc3c2)c1. The van der Waals surface area contributed by atoms with Crippen LogP contribution < -0.4 is 11.5 Å². The van der Waals surface area contributed by atoms with Crippen molar-refractivity contribution in [2.45, 2.75) is 12.8 Å². The quantitative estimate of drug-likeness (QED) is 0.565. The molecule has 0 unspecified atom stereocenters. The molecule has 3 aromatic carbocycles. The average molecular weight is 357 g/mol. The highest BCUT2D eigenvalue weighted by Gasteiger charge is 2.09. The van der Waals surface area contributed by atoms with Crippen LogP contribution in [0.5, 0.6) is 0 Å². The predicted octanol–water partition coefficient (Wildman–Crippen LogP) is 3.96. The lowest BCUT2D eigenvalue weighted by Gasteiger charge is -2.08. The Labute approximate surface area is 156 Å². The summed E-state index contributed by atoms with van der Waals surface area (Å²) < 4.78 is 5.26. The van der Waals surface area contributed by atoms with E-state index in [2.05, 4.69) is 23.4 Å². The van der Waals surface area contributed by atoms with E-state index < -0.39 is 0 Å². The maximum Gasteiger partial charge on any atom is 0.248 e. The van der Waals surface area contributed by atoms with Gasteiger partial charge in [0.05, 0.1) is 5.39 Å². The van der Waals surface area contributed by atoms with Gasteiger partial charge in [0, 0.05) is 5.56 Å². The molecule has 5 nitrogen and oxygen atoms in total. The summed E-state index contributed by atoms with van der Waals surface area (Å²) in [6, 6.07) is 21.7. The maximum absolute atomic E-state index is 11.6. The normalized spacial score (nSPS) is 11.0. The van der Waals surface area contributed by atoms with Crippen LogP contribution in [0.25, 0.3) is 22.1 Å². The minimum absolute atomic E-state index is 0.390. The number of aromatic nitrogens is 1. The number of hydrogen-bond donors (Lipinski definition) is 2. The Bertz CT molecular complexity index is 1130. The third kappa shape index (κ3) is 3.40. The minimum Gasteiger partial charge on any atom is -0.380 e. The molecule has 4 aromatic rings. The number of carbonyl (C=O) groups excluding carboxylic acids is 1. The van der Waals surface area contributed by atoms with Gasteiger partial charge in [-0.3, -0.25) is 4.79 Å². The monoisotopic (exact) mass is 357 g/mol. The molecule has 4 rings (SSSR count). The molecule has 1 aromatic heterocycles. The molecule has 0 atom stereocenters. The Morgan fingerprint density at radius 1 is 0.926 bits per heavy atom. The average Bonchev–Trinajstić information content (AvgIpc) is 3.07. The van der Waals surface area contributed by atoms with Crippen molar-refractivity contribution in [3.63, 3.8) is 0 Å². The molecular weight excluding hydrogens is 338 g/mol. The number of aryl methyl sites for hydroxylation is 2. The lowest BCUT2D eigenvalue weighted by atomic mass is 9.97. The summed E-state index contributed by atoms with van der Waals surface area (Å²) in [4.78, 5) is 11.6. The van der Waals surface area contributed by atoms with Crippen LogP contribution in [-0.2, 0) is 12.8 Å². The minimum atomic E-state index is -0.390. The van der Waals surface area contributed by atoms with E-state index in [1.54, 1.807) is 6.07 Å². The smallest absolute Gasteiger partial charge is 0.248 e. The summed E-state index contributed by atoms with van der Waals surface area (Å²) in [6.07, 6.45) is 1.57. The Morgan fingerprint density at radius 3 is 2.59 bits per heavy atom. The first-order valence-corrected chi connectivity index (χ1v) is 8.74. The first kappa shape index (κ1) is 16.8. The van der Waals surface area contributed by atoms with Crippen molar-refractivity contribution in [2.24, 2.45) is 5.73 Å². The number of nitrogen functional groups attached to an aromatic ring is 1. The number of hydrogen-bond acceptors (Lipinski definition) is 4. The van der Waals surface area contributed by atoms with Crippen LogP contribution in [0, 0.1) is 0 Å². The molecule has 0 saturated heterocycles. The molecular formula is C22H19N3O2. The van der Waals surface area contributed by atoms with Crippen LogP contribution in [0.2, 0.25) is 0 Å². The zero-order valence-electron chi connectivity index (χ0n) is 14.7. The number of carbonyl (C=O) groups is 1. The van der Waals surface area contributed by atoms with Gasteiger partial charge in [-0.1, -0.05) is 53.7 Å². The first-order valence-electron chi connectivity index (χ1n) is 8.74. The number of primary amides is 1. The second-order valence-electron chi connectivity index (χ2n) is 6.50. The lowest BCUT2D eigenvalue weighted by Crippen LogP contribution is -2.13. The summed E-state index contributed by atoms with van der Waals surface area (Å²) in [5.41, 5.74) is 16.8. The number of fused-ring (bicyclic) bond motifs is 1. The third-order valence-corrected chi connectivity index (χ3v) is 4.73. The molecule has 0 aliphatic rings. The van der Waals surface area contributed by atoms with Gasteiger partial charge in [0.25, 0.3) is 0 Å². The number of anilines is 1. The Morgan fingerprint density at radius 2 is 1.74 bits per heavy atom. The Kier molecular flexibility index (Phi) is 4.34. The second-order valence-corrected chi connectivity index (χ2v) is 6.50. The topological polar surface area (TPSA) is 95.1 Å². The van der Waals surface area contributed by atoms with Crippen molar-refractivity contribution in [3.8, 4) is 11.1 Å². The van der Waals surface area contributed by atoms with E-state index in [0.717, 1.165) is 34.9 Å². The molecule has 0 aliphatic heterocycles. The van der Waals surface area contributed by atoms with E-state index in [0.29, 0.717) is 17.0 Å². The van der Waals surface area contributed by atoms with Gasteiger partial charge in [0.2, 0.25) is 5.91 Å². The fraction of sp³-hybridized carbons (Fsp3) is 0.0909. The lowest BCUT2D eigenvalue weighted by molar-refractivity contribution is 0.0999. The van der Waals surface area contributed by atoms with Gasteiger partial charge >= 0.3 is 0 Å². The van der Waals surface area contributed by atoms with Crippen molar-refractivity contribution < 1.29 is 9.32 Å². The van der Waals surface area contributed by atoms with E-state index in [1.165, 1.54) is 5.56 Å². The molecule has 0 radical (unpaired) electrons. The number of nitrogens with two attached hydrogens (primary N) is 2. The van der Waals surface area contributed by atoms with Gasteiger partial charge < -0.3 is 16.0 Å². The standard InChI is InChI=1S/C22H19N3O2/c23-21-19-11-10-17(13-20(19)27-25-21)16-6-3-4-14(12-16)8-9-15-5-1-2-7-18(15)22(24)26/h1-7,10-13H,8-9H2,(H2,23,25)(H2,24,26). The van der Waals surface area contributed by atoms with E-state index in [4.69, 9.17) is 16.0 Å². The van der Waals surface area contributed by atoms with E-state index >= 15 is 0 Å². The molecule has 0 spiro atoms. The van der Waals surface area contributed by atoms with E-state index in [9.17, 15) is 4.79 Å². The van der Waals surface area contributed by atoms with Crippen LogP contribution in [0.15, 0.2) is 71.3 Å². The van der Waals surface area contributed by atoms with Gasteiger partial charge in [0.15, 0.2) is 11.4 Å². The summed E-state index contributed by atoms with van der Waals surface area (Å²) in [7, 11) is 0. The molecule has 1 amide bonds. The highest BCUT2D eigenvalue weighted by atomic mass is 16.5. The van der Waals surface area contributed by atoms with Crippen LogP contribution in [0.3, 0.4) is 0 Å². The van der Waals surface area contributed by atoms with Crippen LogP contribution in [0.1, 0.15) is 21.5 Å². The summed E-state index contributed by atoms with van der Waals surface area (Å²) in [5, 5.41) is 4.62. The van der Waals surface area contributed by atoms with E-state index in [-0.39, 0.29) is 5.91 Å². The highest BCUT2D eigenvalue weighted by molar-refractivity contribution is 5.94. The Hall–Kier alpha value is -3.60. The third-order valence-electron chi connectivity index (χ3n) is 4.73. The summed E-state index contributed by atoms with van der Waals surface area (Å²) in [5.74, 6) is 0.0115. The summed E-state index contributed by atoms with van der Waals surface area (Å²) >= 11 is 0. The molecule has 0 fully saturated rings. The molecule has 5 heteroatoms. The van der Waals surface area contributed by atoms with Crippen molar-refractivity contribution >= 4 is 22.7 Å². The van der Waals surface area contributed by atoms with Gasteiger partial charge in [-0.25, -0.2) is 0 Å². The molecule has 0 aliphatic carbocycles. The Balaban J connectivity index is 1.58. The van der Waals surface area contributed by atoms with Crippen LogP contribution >= 0.6 is 0 Å². The molecule has 27 heavy (non-hydrogen) atoms. The van der Waals surface area contributed by atoms with Crippen molar-refractivity contribution in [3.05, 3.63) is 83.4 Å². The number of amides is 1. The van der Waals surface area contributed by atoms with Crippen molar-refractivity contribution in [1.29, 1.82) is 0 Å². The molecule has 1 heterocycles. The van der Waals surface area contributed by atoms with E-state index in [1.807, 2.05) is 42.5 Å². The number of benzene rings is 3. The van der Waals surface area contributed by atoms with Crippen molar-refractivity contribution in [1.82, 2.24) is 5.16 Å². The molecule has 4 N–H and O–H groups in total. The largest absolute Gasteiger partial charge is 0.380 e. The first-order chi connectivity index (χ1) is 13.1. The van der Waals surface area contributed by atoms with Gasteiger partial charge in [-0.2, -0.15) is 0 Å². The number of rotatable bonds is 5. The van der Waals surface area contributed by atoms with Crippen LogP contribution in [0.4, 0.5) is 5.82 Å². The highest BCUT2D eigenvalue weighted by Crippen LogP contribution is 2.28. The molecule has 134 valence electrons. The van der Waals surface area contributed by atoms with Gasteiger partial charge in [-0.05, 0) is 53.3 Å². The van der Waals surface area contributed by atoms with Gasteiger partial charge in [-0.15, -0.1) is 0 Å². The second kappa shape index (κ2) is 6.96. The summed E-state index contributed by atoms with van der Waals surface area (Å²) in [6.45, 7) is 0. The fourth-order valence-electron chi connectivity index (χ4n) is 3.30. The van der Waals surface area contributed by atoms with Crippen LogP contribution in [-0.4, -0.2) is 11.1 Å². The maximum atomic E-state index is 11.6.